The molecule has 102 valence electrons. The normalized spacial score (nSPS) is 10.1. The Balaban J connectivity index is 2.52. The van der Waals surface area contributed by atoms with Crippen LogP contribution in [-0.4, -0.2) is 23.4 Å². The van der Waals surface area contributed by atoms with Crippen molar-refractivity contribution in [1.82, 2.24) is 0 Å². The quantitative estimate of drug-likeness (QED) is 0.906. The van der Waals surface area contributed by atoms with Gasteiger partial charge in [-0.05, 0) is 31.2 Å². The van der Waals surface area contributed by atoms with Gasteiger partial charge in [0.1, 0.15) is 5.78 Å². The molecule has 0 aromatic heterocycles. The minimum absolute atomic E-state index is 0.0333. The molecule has 20 heavy (non-hydrogen) atoms. The lowest BCUT2D eigenvalue weighted by atomic mass is 10.1. The number of carbonyl (C=O) groups is 2. The number of carbonyl (C=O) groups excluding carboxylic acids is 1. The molecule has 0 aliphatic rings. The van der Waals surface area contributed by atoms with Crippen LogP contribution in [0.5, 0.6) is 0 Å². The molecule has 0 heterocycles. The Morgan fingerprint density at radius 1 is 1.00 bits per heavy atom. The van der Waals surface area contributed by atoms with E-state index in [9.17, 15) is 14.7 Å². The number of nitrogens with zero attached hydrogens (tertiary/aromatic N) is 1. The number of Topliss-reactive ketones (excluding diaryl/α,β-unsaturated/α-hetero) is 1. The zero-order valence-corrected chi connectivity index (χ0v) is 11.1. The lowest BCUT2D eigenvalue weighted by Gasteiger charge is -2.25. The van der Waals surface area contributed by atoms with Crippen molar-refractivity contribution in [2.45, 2.75) is 6.92 Å². The molecule has 2 rings (SSSR count). The van der Waals surface area contributed by atoms with Crippen LogP contribution in [0.4, 0.5) is 11.4 Å². The highest BCUT2D eigenvalue weighted by Crippen LogP contribution is 2.28. The van der Waals surface area contributed by atoms with Crippen LogP contribution >= 0.6 is 0 Å². The molecule has 0 bridgehead atoms. The van der Waals surface area contributed by atoms with Gasteiger partial charge in [0.05, 0.1) is 17.8 Å². The Labute approximate surface area is 117 Å². The fraction of sp³-hybridized carbons (Fsp3) is 0.125. The monoisotopic (exact) mass is 269 g/mol. The van der Waals surface area contributed by atoms with Crippen molar-refractivity contribution in [1.29, 1.82) is 0 Å². The second-order valence-electron chi connectivity index (χ2n) is 4.45. The third-order valence-corrected chi connectivity index (χ3v) is 2.87. The fourth-order valence-electron chi connectivity index (χ4n) is 2.04. The first kappa shape index (κ1) is 13.8. The molecule has 0 atom stereocenters. The zero-order chi connectivity index (χ0) is 14.5. The summed E-state index contributed by atoms with van der Waals surface area (Å²) in [4.78, 5) is 24.5. The number of ketones is 1. The average Bonchev–Trinajstić information content (AvgIpc) is 2.45. The van der Waals surface area contributed by atoms with Gasteiger partial charge in [0.15, 0.2) is 0 Å². The van der Waals surface area contributed by atoms with Gasteiger partial charge in [-0.15, -0.1) is 0 Å². The van der Waals surface area contributed by atoms with Crippen molar-refractivity contribution < 1.29 is 14.7 Å². The Morgan fingerprint density at radius 3 is 2.20 bits per heavy atom. The molecule has 4 nitrogen and oxygen atoms in total. The van der Waals surface area contributed by atoms with Gasteiger partial charge in [0.25, 0.3) is 0 Å². The van der Waals surface area contributed by atoms with E-state index in [-0.39, 0.29) is 17.9 Å². The molecule has 4 heteroatoms. The van der Waals surface area contributed by atoms with E-state index in [1.54, 1.807) is 23.1 Å². The van der Waals surface area contributed by atoms with E-state index >= 15 is 0 Å². The number of hydrogen-bond acceptors (Lipinski definition) is 3. The van der Waals surface area contributed by atoms with Crippen molar-refractivity contribution in [3.05, 3.63) is 60.2 Å². The first-order valence-electron chi connectivity index (χ1n) is 6.24. The van der Waals surface area contributed by atoms with E-state index in [0.717, 1.165) is 5.69 Å². The summed E-state index contributed by atoms with van der Waals surface area (Å²) in [6, 6.07) is 16.0. The highest BCUT2D eigenvalue weighted by Gasteiger charge is 2.18. The minimum Gasteiger partial charge on any atom is -0.478 e. The summed E-state index contributed by atoms with van der Waals surface area (Å²) in [5.74, 6) is -1.04. The average molecular weight is 269 g/mol. The molecule has 0 aliphatic heterocycles. The highest BCUT2D eigenvalue weighted by atomic mass is 16.4. The number of aromatic carboxylic acids is 1. The first-order chi connectivity index (χ1) is 9.59. The Hall–Kier alpha value is -2.62. The van der Waals surface area contributed by atoms with Crippen molar-refractivity contribution in [2.24, 2.45) is 0 Å². The largest absolute Gasteiger partial charge is 0.478 e. The van der Waals surface area contributed by atoms with Gasteiger partial charge in [-0.25, -0.2) is 4.79 Å². The summed E-state index contributed by atoms with van der Waals surface area (Å²) in [7, 11) is 0. The van der Waals surface area contributed by atoms with Gasteiger partial charge in [-0.1, -0.05) is 30.3 Å². The van der Waals surface area contributed by atoms with Crippen LogP contribution in [0.2, 0.25) is 0 Å². The van der Waals surface area contributed by atoms with E-state index in [1.165, 1.54) is 13.0 Å². The summed E-state index contributed by atoms with van der Waals surface area (Å²) in [6.07, 6.45) is 0. The third-order valence-electron chi connectivity index (χ3n) is 2.87. The van der Waals surface area contributed by atoms with E-state index < -0.39 is 5.97 Å². The van der Waals surface area contributed by atoms with Crippen LogP contribution in [0.3, 0.4) is 0 Å². The van der Waals surface area contributed by atoms with Crippen molar-refractivity contribution >= 4 is 23.1 Å². The standard InChI is InChI=1S/C16H15NO3/c1-12(18)11-17(13-7-3-2-4-8-13)15-10-6-5-9-14(15)16(19)20/h2-10H,11H2,1H3,(H,19,20). The predicted molar refractivity (Wildman–Crippen MR) is 77.5 cm³/mol. The summed E-state index contributed by atoms with van der Waals surface area (Å²) >= 11 is 0. The van der Waals surface area contributed by atoms with Crippen LogP contribution in [0.15, 0.2) is 54.6 Å². The van der Waals surface area contributed by atoms with E-state index in [4.69, 9.17) is 0 Å². The van der Waals surface area contributed by atoms with Crippen LogP contribution in [0.25, 0.3) is 0 Å². The summed E-state index contributed by atoms with van der Waals surface area (Å²) in [6.45, 7) is 1.62. The summed E-state index contributed by atoms with van der Waals surface area (Å²) in [5, 5.41) is 9.28. The van der Waals surface area contributed by atoms with Gasteiger partial charge >= 0.3 is 5.97 Å². The Morgan fingerprint density at radius 2 is 1.60 bits per heavy atom. The van der Waals surface area contributed by atoms with Crippen LogP contribution in [0, 0.1) is 0 Å². The van der Waals surface area contributed by atoms with Crippen molar-refractivity contribution in [3.63, 3.8) is 0 Å². The van der Waals surface area contributed by atoms with Gasteiger partial charge in [0.2, 0.25) is 0 Å². The second-order valence-corrected chi connectivity index (χ2v) is 4.45. The molecule has 0 spiro atoms. The Kier molecular flexibility index (Phi) is 4.15. The SMILES string of the molecule is CC(=O)CN(c1ccccc1)c1ccccc1C(=O)O. The molecule has 0 unspecified atom stereocenters. The summed E-state index contributed by atoms with van der Waals surface area (Å²) < 4.78 is 0. The number of carboxylic acids is 1. The van der Waals surface area contributed by atoms with E-state index in [2.05, 4.69) is 0 Å². The maximum Gasteiger partial charge on any atom is 0.337 e. The minimum atomic E-state index is -1.01. The molecular formula is C16H15NO3. The van der Waals surface area contributed by atoms with Gasteiger partial charge < -0.3 is 10.0 Å². The van der Waals surface area contributed by atoms with Gasteiger partial charge in [-0.2, -0.15) is 0 Å². The zero-order valence-electron chi connectivity index (χ0n) is 11.1. The highest BCUT2D eigenvalue weighted by molar-refractivity contribution is 5.97. The maximum absolute atomic E-state index is 11.5. The lowest BCUT2D eigenvalue weighted by molar-refractivity contribution is -0.115. The maximum atomic E-state index is 11.5. The first-order valence-corrected chi connectivity index (χ1v) is 6.24. The fourth-order valence-corrected chi connectivity index (χ4v) is 2.04. The molecular weight excluding hydrogens is 254 g/mol. The smallest absolute Gasteiger partial charge is 0.337 e. The number of carboxylic acid groups (broad SMARTS) is 1. The number of hydrogen-bond donors (Lipinski definition) is 1. The van der Waals surface area contributed by atoms with Crippen molar-refractivity contribution in [2.75, 3.05) is 11.4 Å². The molecule has 0 saturated heterocycles. The molecule has 0 aliphatic carbocycles. The van der Waals surface area contributed by atoms with Gasteiger partial charge in [-0.3, -0.25) is 4.79 Å². The molecule has 1 N–H and O–H groups in total. The molecule has 0 amide bonds. The number of rotatable bonds is 5. The predicted octanol–water partition coefficient (Wildman–Crippen LogP) is 3.11. The van der Waals surface area contributed by atoms with Crippen LogP contribution in [0.1, 0.15) is 17.3 Å². The molecule has 0 radical (unpaired) electrons. The van der Waals surface area contributed by atoms with Crippen molar-refractivity contribution in [3.8, 4) is 0 Å². The van der Waals surface area contributed by atoms with Crippen LogP contribution < -0.4 is 4.90 Å². The third kappa shape index (κ3) is 3.03. The van der Waals surface area contributed by atoms with E-state index in [0.29, 0.717) is 5.69 Å². The number of benzene rings is 2. The van der Waals surface area contributed by atoms with E-state index in [1.807, 2.05) is 30.3 Å². The molecule has 0 fully saturated rings. The number of anilines is 2. The summed E-state index contributed by atoms with van der Waals surface area (Å²) in [5.41, 5.74) is 1.48. The van der Waals surface area contributed by atoms with Crippen LogP contribution in [-0.2, 0) is 4.79 Å². The molecule has 2 aromatic rings. The molecule has 0 saturated carbocycles. The van der Waals surface area contributed by atoms with Gasteiger partial charge in [0, 0.05) is 5.69 Å². The Bertz CT molecular complexity index is 623. The molecule has 2 aromatic carbocycles. The lowest BCUT2D eigenvalue weighted by Crippen LogP contribution is -2.25. The topological polar surface area (TPSA) is 57.6 Å². The number of para-hydroxylation sites is 2. The second kappa shape index (κ2) is 6.02.